The van der Waals surface area contributed by atoms with Crippen LogP contribution in [0.2, 0.25) is 0 Å². The summed E-state index contributed by atoms with van der Waals surface area (Å²) in [6, 6.07) is 22.4. The van der Waals surface area contributed by atoms with Gasteiger partial charge in [-0.05, 0) is 24.3 Å². The molecule has 0 bridgehead atoms. The molecule has 3 aromatic carbocycles. The van der Waals surface area contributed by atoms with E-state index >= 15 is 0 Å². The van der Waals surface area contributed by atoms with E-state index in [1.165, 1.54) is 0 Å². The second kappa shape index (κ2) is 4.65. The van der Waals surface area contributed by atoms with Crippen LogP contribution in [0.1, 0.15) is 0 Å². The van der Waals surface area contributed by atoms with Crippen molar-refractivity contribution in [3.8, 4) is 11.3 Å². The molecule has 0 saturated heterocycles. The Morgan fingerprint density at radius 1 is 0.652 bits per heavy atom. The SMILES string of the molecule is c1ccc2c(-c3ccc4c(c3)oc3ccccc34)ncnc2c1. The molecule has 2 aromatic heterocycles. The van der Waals surface area contributed by atoms with Crippen LogP contribution in [0.3, 0.4) is 0 Å². The molecule has 0 N–H and O–H groups in total. The molecule has 0 atom stereocenters. The van der Waals surface area contributed by atoms with E-state index in [-0.39, 0.29) is 0 Å². The summed E-state index contributed by atoms with van der Waals surface area (Å²) in [5.41, 5.74) is 4.70. The molecule has 0 amide bonds. The van der Waals surface area contributed by atoms with Crippen LogP contribution < -0.4 is 0 Å². The number of hydrogen-bond acceptors (Lipinski definition) is 3. The average molecular weight is 296 g/mol. The summed E-state index contributed by atoms with van der Waals surface area (Å²) in [5.74, 6) is 0. The van der Waals surface area contributed by atoms with Crippen LogP contribution >= 0.6 is 0 Å². The fraction of sp³-hybridized carbons (Fsp3) is 0. The Labute approximate surface area is 132 Å². The van der Waals surface area contributed by atoms with Gasteiger partial charge in [0.25, 0.3) is 0 Å². The highest BCUT2D eigenvalue weighted by atomic mass is 16.3. The highest BCUT2D eigenvalue weighted by Gasteiger charge is 2.10. The maximum absolute atomic E-state index is 5.98. The van der Waals surface area contributed by atoms with E-state index in [0.29, 0.717) is 0 Å². The van der Waals surface area contributed by atoms with E-state index in [1.54, 1.807) is 6.33 Å². The summed E-state index contributed by atoms with van der Waals surface area (Å²) in [6.07, 6.45) is 1.61. The summed E-state index contributed by atoms with van der Waals surface area (Å²) in [7, 11) is 0. The largest absolute Gasteiger partial charge is 0.456 e. The molecular formula is C20H12N2O. The Balaban J connectivity index is 1.81. The molecule has 0 fully saturated rings. The van der Waals surface area contributed by atoms with Gasteiger partial charge < -0.3 is 4.42 Å². The molecular weight excluding hydrogens is 284 g/mol. The van der Waals surface area contributed by atoms with Crippen molar-refractivity contribution >= 4 is 32.8 Å². The third-order valence-electron chi connectivity index (χ3n) is 4.20. The van der Waals surface area contributed by atoms with Crippen molar-refractivity contribution in [2.75, 3.05) is 0 Å². The number of furan rings is 1. The number of benzene rings is 3. The molecule has 5 rings (SSSR count). The first-order valence-corrected chi connectivity index (χ1v) is 7.51. The first-order valence-electron chi connectivity index (χ1n) is 7.51. The number of fused-ring (bicyclic) bond motifs is 4. The first-order chi connectivity index (χ1) is 11.4. The van der Waals surface area contributed by atoms with E-state index in [4.69, 9.17) is 4.42 Å². The highest BCUT2D eigenvalue weighted by molar-refractivity contribution is 6.06. The fourth-order valence-corrected chi connectivity index (χ4v) is 3.11. The first kappa shape index (κ1) is 12.4. The maximum atomic E-state index is 5.98. The summed E-state index contributed by atoms with van der Waals surface area (Å²) in [6.45, 7) is 0. The number of para-hydroxylation sites is 2. The zero-order chi connectivity index (χ0) is 15.2. The smallest absolute Gasteiger partial charge is 0.136 e. The van der Waals surface area contributed by atoms with E-state index < -0.39 is 0 Å². The lowest BCUT2D eigenvalue weighted by molar-refractivity contribution is 0.669. The molecule has 0 aliphatic rings. The van der Waals surface area contributed by atoms with Gasteiger partial charge in [0.05, 0.1) is 11.2 Å². The van der Waals surface area contributed by atoms with Crippen LogP contribution in [-0.4, -0.2) is 9.97 Å². The van der Waals surface area contributed by atoms with Gasteiger partial charge in [-0.25, -0.2) is 9.97 Å². The molecule has 0 radical (unpaired) electrons. The Morgan fingerprint density at radius 2 is 1.43 bits per heavy atom. The monoisotopic (exact) mass is 296 g/mol. The van der Waals surface area contributed by atoms with Crippen LogP contribution in [0.15, 0.2) is 77.5 Å². The van der Waals surface area contributed by atoms with Gasteiger partial charge in [-0.1, -0.05) is 42.5 Å². The van der Waals surface area contributed by atoms with Gasteiger partial charge in [0, 0.05) is 21.7 Å². The minimum absolute atomic E-state index is 0.881. The number of aromatic nitrogens is 2. The molecule has 23 heavy (non-hydrogen) atoms. The van der Waals surface area contributed by atoms with Gasteiger partial charge in [-0.15, -0.1) is 0 Å². The standard InChI is InChI=1S/C20H12N2O/c1-3-7-17-16(6-1)20(22-12-21-17)13-9-10-15-14-5-2-4-8-18(14)23-19(15)11-13/h1-12H. The van der Waals surface area contributed by atoms with Gasteiger partial charge in [0.15, 0.2) is 0 Å². The summed E-state index contributed by atoms with van der Waals surface area (Å²) in [5, 5.41) is 3.31. The minimum atomic E-state index is 0.881. The van der Waals surface area contributed by atoms with E-state index in [0.717, 1.165) is 44.1 Å². The van der Waals surface area contributed by atoms with Crippen LogP contribution in [0.4, 0.5) is 0 Å². The van der Waals surface area contributed by atoms with Crippen LogP contribution in [-0.2, 0) is 0 Å². The molecule has 3 heteroatoms. The van der Waals surface area contributed by atoms with Crippen molar-refractivity contribution in [1.82, 2.24) is 9.97 Å². The van der Waals surface area contributed by atoms with Crippen LogP contribution in [0.5, 0.6) is 0 Å². The molecule has 5 aromatic rings. The summed E-state index contributed by atoms with van der Waals surface area (Å²) < 4.78 is 5.98. The van der Waals surface area contributed by atoms with Crippen molar-refractivity contribution in [3.05, 3.63) is 73.1 Å². The molecule has 108 valence electrons. The number of hydrogen-bond donors (Lipinski definition) is 0. The number of rotatable bonds is 1. The summed E-state index contributed by atoms with van der Waals surface area (Å²) >= 11 is 0. The van der Waals surface area contributed by atoms with Gasteiger partial charge in [0.1, 0.15) is 17.5 Å². The lowest BCUT2D eigenvalue weighted by Crippen LogP contribution is -1.88. The summed E-state index contributed by atoms with van der Waals surface area (Å²) in [4.78, 5) is 8.81. The van der Waals surface area contributed by atoms with Crippen molar-refractivity contribution < 1.29 is 4.42 Å². The molecule has 0 aliphatic heterocycles. The Hall–Kier alpha value is -3.20. The quantitative estimate of drug-likeness (QED) is 0.427. The third-order valence-corrected chi connectivity index (χ3v) is 4.20. The van der Waals surface area contributed by atoms with Crippen LogP contribution in [0, 0.1) is 0 Å². The Bertz CT molecular complexity index is 1170. The van der Waals surface area contributed by atoms with Crippen molar-refractivity contribution in [3.63, 3.8) is 0 Å². The van der Waals surface area contributed by atoms with Gasteiger partial charge >= 0.3 is 0 Å². The lowest BCUT2D eigenvalue weighted by atomic mass is 10.0. The molecule has 0 saturated carbocycles. The van der Waals surface area contributed by atoms with Crippen molar-refractivity contribution in [2.24, 2.45) is 0 Å². The predicted octanol–water partition coefficient (Wildman–Crippen LogP) is 5.20. The van der Waals surface area contributed by atoms with E-state index in [2.05, 4.69) is 34.2 Å². The fourth-order valence-electron chi connectivity index (χ4n) is 3.11. The lowest BCUT2D eigenvalue weighted by Gasteiger charge is -2.04. The predicted molar refractivity (Wildman–Crippen MR) is 92.3 cm³/mol. The third kappa shape index (κ3) is 1.83. The Morgan fingerprint density at radius 3 is 2.39 bits per heavy atom. The topological polar surface area (TPSA) is 38.9 Å². The van der Waals surface area contributed by atoms with Gasteiger partial charge in [0.2, 0.25) is 0 Å². The molecule has 0 spiro atoms. The Kier molecular flexibility index (Phi) is 2.50. The molecule has 0 aliphatic carbocycles. The van der Waals surface area contributed by atoms with Gasteiger partial charge in [-0.2, -0.15) is 0 Å². The van der Waals surface area contributed by atoms with Gasteiger partial charge in [-0.3, -0.25) is 0 Å². The zero-order valence-electron chi connectivity index (χ0n) is 12.2. The number of nitrogens with zero attached hydrogens (tertiary/aromatic N) is 2. The zero-order valence-corrected chi connectivity index (χ0v) is 12.2. The maximum Gasteiger partial charge on any atom is 0.136 e. The average Bonchev–Trinajstić information content (AvgIpc) is 2.99. The van der Waals surface area contributed by atoms with E-state index in [9.17, 15) is 0 Å². The molecule has 0 unspecified atom stereocenters. The highest BCUT2D eigenvalue weighted by Crippen LogP contribution is 2.33. The molecule has 2 heterocycles. The van der Waals surface area contributed by atoms with E-state index in [1.807, 2.05) is 42.5 Å². The second-order valence-electron chi connectivity index (χ2n) is 5.55. The second-order valence-corrected chi connectivity index (χ2v) is 5.55. The van der Waals surface area contributed by atoms with Crippen molar-refractivity contribution in [2.45, 2.75) is 0 Å². The van der Waals surface area contributed by atoms with Crippen molar-refractivity contribution in [1.29, 1.82) is 0 Å². The minimum Gasteiger partial charge on any atom is -0.456 e. The van der Waals surface area contributed by atoms with Crippen LogP contribution in [0.25, 0.3) is 44.1 Å². The normalized spacial score (nSPS) is 11.5. The molecule has 3 nitrogen and oxygen atoms in total.